The van der Waals surface area contributed by atoms with Crippen molar-refractivity contribution in [1.82, 2.24) is 0 Å². The molecular formula is C14H12INO4. The highest BCUT2D eigenvalue weighted by Crippen LogP contribution is 2.12. The molecule has 5 nitrogen and oxygen atoms in total. The SMILES string of the molecule is Cc1ccoc1C(=O)OCC(=O)Nc1ccc(I)cc1. The van der Waals surface area contributed by atoms with E-state index < -0.39 is 11.9 Å². The van der Waals surface area contributed by atoms with Gasteiger partial charge in [0.05, 0.1) is 6.26 Å². The first kappa shape index (κ1) is 14.6. The minimum absolute atomic E-state index is 0.118. The zero-order valence-electron chi connectivity index (χ0n) is 10.7. The summed E-state index contributed by atoms with van der Waals surface area (Å²) in [6.07, 6.45) is 1.40. The number of aryl methyl sites for hydroxylation is 1. The van der Waals surface area contributed by atoms with Gasteiger partial charge in [-0.2, -0.15) is 0 Å². The second-order valence-corrected chi connectivity index (χ2v) is 5.31. The Balaban J connectivity index is 1.85. The van der Waals surface area contributed by atoms with E-state index in [1.165, 1.54) is 6.26 Å². The van der Waals surface area contributed by atoms with Crippen LogP contribution in [0.1, 0.15) is 16.1 Å². The van der Waals surface area contributed by atoms with E-state index in [1.54, 1.807) is 25.1 Å². The zero-order chi connectivity index (χ0) is 14.5. The number of benzene rings is 1. The zero-order valence-corrected chi connectivity index (χ0v) is 12.8. The van der Waals surface area contributed by atoms with Crippen LogP contribution in [0, 0.1) is 10.5 Å². The molecular weight excluding hydrogens is 373 g/mol. The number of carbonyl (C=O) groups is 2. The van der Waals surface area contributed by atoms with Crippen LogP contribution < -0.4 is 5.32 Å². The van der Waals surface area contributed by atoms with Crippen molar-refractivity contribution in [2.24, 2.45) is 0 Å². The van der Waals surface area contributed by atoms with Gasteiger partial charge in [-0.05, 0) is 59.8 Å². The lowest BCUT2D eigenvalue weighted by Crippen LogP contribution is -2.21. The van der Waals surface area contributed by atoms with Gasteiger partial charge in [-0.3, -0.25) is 4.79 Å². The van der Waals surface area contributed by atoms with Gasteiger partial charge in [0.2, 0.25) is 5.76 Å². The standard InChI is InChI=1S/C14H12INO4/c1-9-6-7-19-13(9)14(18)20-8-12(17)16-11-4-2-10(15)3-5-11/h2-7H,8H2,1H3,(H,16,17). The van der Waals surface area contributed by atoms with Gasteiger partial charge in [0, 0.05) is 14.8 Å². The van der Waals surface area contributed by atoms with Crippen molar-refractivity contribution in [1.29, 1.82) is 0 Å². The molecule has 0 aliphatic rings. The van der Waals surface area contributed by atoms with E-state index in [1.807, 2.05) is 12.1 Å². The van der Waals surface area contributed by atoms with Crippen molar-refractivity contribution in [3.63, 3.8) is 0 Å². The number of nitrogens with one attached hydrogen (secondary N) is 1. The second-order valence-electron chi connectivity index (χ2n) is 4.06. The van der Waals surface area contributed by atoms with Crippen molar-refractivity contribution < 1.29 is 18.7 Å². The Hall–Kier alpha value is -1.83. The van der Waals surface area contributed by atoms with Gasteiger partial charge >= 0.3 is 5.97 Å². The number of esters is 1. The number of ether oxygens (including phenoxy) is 1. The molecule has 1 aromatic heterocycles. The Bertz CT molecular complexity index is 618. The van der Waals surface area contributed by atoms with Gasteiger partial charge in [0.25, 0.3) is 5.91 Å². The Kier molecular flexibility index (Phi) is 4.78. The molecule has 1 heterocycles. The lowest BCUT2D eigenvalue weighted by Gasteiger charge is -2.06. The van der Waals surface area contributed by atoms with Crippen LogP contribution in [0.3, 0.4) is 0 Å². The predicted octanol–water partition coefficient (Wildman–Crippen LogP) is 2.99. The highest BCUT2D eigenvalue weighted by Gasteiger charge is 2.15. The number of amides is 1. The molecule has 0 saturated carbocycles. The smallest absolute Gasteiger partial charge is 0.375 e. The predicted molar refractivity (Wildman–Crippen MR) is 81.5 cm³/mol. The average molecular weight is 385 g/mol. The van der Waals surface area contributed by atoms with Gasteiger partial charge in [0.1, 0.15) is 0 Å². The summed E-state index contributed by atoms with van der Waals surface area (Å²) in [6.45, 7) is 1.37. The van der Waals surface area contributed by atoms with E-state index in [4.69, 9.17) is 9.15 Å². The quantitative estimate of drug-likeness (QED) is 0.649. The van der Waals surface area contributed by atoms with E-state index in [0.29, 0.717) is 11.3 Å². The Morgan fingerprint density at radius 1 is 1.25 bits per heavy atom. The van der Waals surface area contributed by atoms with Gasteiger partial charge in [-0.15, -0.1) is 0 Å². The van der Waals surface area contributed by atoms with Crippen LogP contribution in [-0.4, -0.2) is 18.5 Å². The van der Waals surface area contributed by atoms with E-state index in [2.05, 4.69) is 27.9 Å². The summed E-state index contributed by atoms with van der Waals surface area (Å²) in [5.74, 6) is -0.930. The van der Waals surface area contributed by atoms with Crippen LogP contribution in [0.25, 0.3) is 0 Å². The van der Waals surface area contributed by atoms with Gasteiger partial charge in [0.15, 0.2) is 6.61 Å². The van der Waals surface area contributed by atoms with Gasteiger partial charge in [-0.25, -0.2) is 4.79 Å². The van der Waals surface area contributed by atoms with Gasteiger partial charge in [-0.1, -0.05) is 0 Å². The molecule has 0 saturated heterocycles. The molecule has 0 radical (unpaired) electrons. The largest absolute Gasteiger partial charge is 0.457 e. The molecule has 2 rings (SSSR count). The molecule has 0 atom stereocenters. The number of rotatable bonds is 4. The summed E-state index contributed by atoms with van der Waals surface area (Å²) in [4.78, 5) is 23.3. The Morgan fingerprint density at radius 3 is 2.55 bits per heavy atom. The van der Waals surface area contributed by atoms with Crippen LogP contribution in [0.4, 0.5) is 5.69 Å². The molecule has 0 aliphatic heterocycles. The molecule has 1 aromatic carbocycles. The summed E-state index contributed by atoms with van der Waals surface area (Å²) < 4.78 is 10.9. The molecule has 0 unspecified atom stereocenters. The monoisotopic (exact) mass is 385 g/mol. The maximum atomic E-state index is 11.6. The van der Waals surface area contributed by atoms with Crippen LogP contribution in [0.2, 0.25) is 0 Å². The average Bonchev–Trinajstić information content (AvgIpc) is 2.85. The first-order valence-corrected chi connectivity index (χ1v) is 6.91. The Labute approximate surface area is 129 Å². The maximum absolute atomic E-state index is 11.6. The molecule has 0 aliphatic carbocycles. The van der Waals surface area contributed by atoms with Crippen LogP contribution >= 0.6 is 22.6 Å². The van der Waals surface area contributed by atoms with Crippen molar-refractivity contribution in [3.05, 3.63) is 51.5 Å². The van der Waals surface area contributed by atoms with Crippen LogP contribution in [-0.2, 0) is 9.53 Å². The first-order chi connectivity index (χ1) is 9.56. The van der Waals surface area contributed by atoms with E-state index in [-0.39, 0.29) is 12.4 Å². The molecule has 0 bridgehead atoms. The second kappa shape index (κ2) is 6.56. The van der Waals surface area contributed by atoms with Gasteiger partial charge < -0.3 is 14.5 Å². The normalized spacial score (nSPS) is 10.1. The minimum Gasteiger partial charge on any atom is -0.457 e. The van der Waals surface area contributed by atoms with E-state index in [0.717, 1.165) is 3.57 Å². The number of hydrogen-bond acceptors (Lipinski definition) is 4. The van der Waals surface area contributed by atoms with Crippen molar-refractivity contribution >= 4 is 40.2 Å². The lowest BCUT2D eigenvalue weighted by atomic mass is 10.3. The third-order valence-corrected chi connectivity index (χ3v) is 3.23. The fourth-order valence-electron chi connectivity index (χ4n) is 1.51. The highest BCUT2D eigenvalue weighted by atomic mass is 127. The minimum atomic E-state index is -0.648. The van der Waals surface area contributed by atoms with E-state index in [9.17, 15) is 9.59 Å². The number of carbonyl (C=O) groups excluding carboxylic acids is 2. The maximum Gasteiger partial charge on any atom is 0.375 e. The third-order valence-electron chi connectivity index (χ3n) is 2.51. The number of furan rings is 1. The molecule has 2 aromatic rings. The molecule has 0 fully saturated rings. The first-order valence-electron chi connectivity index (χ1n) is 5.83. The molecule has 1 N–H and O–H groups in total. The molecule has 1 amide bonds. The molecule has 104 valence electrons. The fourth-order valence-corrected chi connectivity index (χ4v) is 1.87. The van der Waals surface area contributed by atoms with Crippen LogP contribution in [0.5, 0.6) is 0 Å². The number of halogens is 1. The van der Waals surface area contributed by atoms with Crippen molar-refractivity contribution in [2.45, 2.75) is 6.92 Å². The van der Waals surface area contributed by atoms with Crippen molar-refractivity contribution in [2.75, 3.05) is 11.9 Å². The third kappa shape index (κ3) is 3.83. The molecule has 6 heteroatoms. The lowest BCUT2D eigenvalue weighted by molar-refractivity contribution is -0.119. The number of hydrogen-bond donors (Lipinski definition) is 1. The molecule has 0 spiro atoms. The number of anilines is 1. The summed E-state index contributed by atoms with van der Waals surface area (Å²) in [6, 6.07) is 8.95. The topological polar surface area (TPSA) is 68.5 Å². The van der Waals surface area contributed by atoms with E-state index >= 15 is 0 Å². The van der Waals surface area contributed by atoms with Crippen LogP contribution in [0.15, 0.2) is 41.0 Å². The fraction of sp³-hybridized carbons (Fsp3) is 0.143. The summed E-state index contributed by atoms with van der Waals surface area (Å²) in [7, 11) is 0. The Morgan fingerprint density at radius 2 is 1.95 bits per heavy atom. The van der Waals surface area contributed by atoms with Crippen molar-refractivity contribution in [3.8, 4) is 0 Å². The summed E-state index contributed by atoms with van der Waals surface area (Å²) >= 11 is 2.17. The summed E-state index contributed by atoms with van der Waals surface area (Å²) in [5.41, 5.74) is 1.33. The molecule has 20 heavy (non-hydrogen) atoms. The highest BCUT2D eigenvalue weighted by molar-refractivity contribution is 14.1. The summed E-state index contributed by atoms with van der Waals surface area (Å²) in [5, 5.41) is 2.63.